The fraction of sp³-hybridized carbons (Fsp3) is 0. The van der Waals surface area contributed by atoms with Crippen LogP contribution in [0.1, 0.15) is 10.5 Å². The van der Waals surface area contributed by atoms with E-state index < -0.39 is 0 Å². The monoisotopic (exact) mass is 256 g/mol. The third-order valence-corrected chi connectivity index (χ3v) is 3.05. The van der Waals surface area contributed by atoms with E-state index in [2.05, 4.69) is 4.98 Å². The second-order valence-electron chi connectivity index (χ2n) is 3.90. The van der Waals surface area contributed by atoms with Crippen LogP contribution in [0.5, 0.6) is 0 Å². The summed E-state index contributed by atoms with van der Waals surface area (Å²) >= 11 is 5.86. The first-order valence-corrected chi connectivity index (χ1v) is 5.85. The van der Waals surface area contributed by atoms with Crippen molar-refractivity contribution < 1.29 is 4.79 Å². The maximum atomic E-state index is 11.3. The molecule has 2 aromatic heterocycles. The molecule has 0 aliphatic carbocycles. The standard InChI is InChI=1S/C14H9ClN2O/c15-11-6-4-10(5-7-11)14-12(9-18)17-8-2-1-3-13(17)16-14/h1-9H. The van der Waals surface area contributed by atoms with Crippen LogP contribution in [0.4, 0.5) is 0 Å². The zero-order valence-electron chi connectivity index (χ0n) is 9.38. The SMILES string of the molecule is O=Cc1c(-c2ccc(Cl)cc2)nc2ccccn12. The molecule has 1 aromatic carbocycles. The van der Waals surface area contributed by atoms with Gasteiger partial charge >= 0.3 is 0 Å². The molecule has 0 saturated heterocycles. The van der Waals surface area contributed by atoms with Gasteiger partial charge in [-0.15, -0.1) is 0 Å². The minimum Gasteiger partial charge on any atom is -0.297 e. The molecule has 0 atom stereocenters. The predicted molar refractivity (Wildman–Crippen MR) is 71.0 cm³/mol. The van der Waals surface area contributed by atoms with Gasteiger partial charge in [-0.1, -0.05) is 29.8 Å². The Labute approximate surface area is 109 Å². The number of carbonyl (C=O) groups is 1. The number of halogens is 1. The quantitative estimate of drug-likeness (QED) is 0.658. The molecule has 18 heavy (non-hydrogen) atoms. The van der Waals surface area contributed by atoms with Crippen LogP contribution in [0.3, 0.4) is 0 Å². The normalized spacial score (nSPS) is 10.7. The molecule has 0 aliphatic heterocycles. The lowest BCUT2D eigenvalue weighted by Gasteiger charge is -1.98. The van der Waals surface area contributed by atoms with Crippen molar-refractivity contribution in [2.75, 3.05) is 0 Å². The highest BCUT2D eigenvalue weighted by Gasteiger charge is 2.12. The highest BCUT2D eigenvalue weighted by Crippen LogP contribution is 2.24. The van der Waals surface area contributed by atoms with Crippen molar-refractivity contribution in [2.45, 2.75) is 0 Å². The molecule has 4 heteroatoms. The summed E-state index contributed by atoms with van der Waals surface area (Å²) in [6, 6.07) is 12.9. The van der Waals surface area contributed by atoms with Crippen molar-refractivity contribution in [3.8, 4) is 11.3 Å². The van der Waals surface area contributed by atoms with E-state index in [0.29, 0.717) is 16.4 Å². The average Bonchev–Trinajstić information content (AvgIpc) is 2.78. The molecule has 0 aliphatic rings. The minimum absolute atomic E-state index is 0.549. The summed E-state index contributed by atoms with van der Waals surface area (Å²) in [4.78, 5) is 15.7. The number of hydrogen-bond acceptors (Lipinski definition) is 2. The van der Waals surface area contributed by atoms with Crippen LogP contribution in [0, 0.1) is 0 Å². The average molecular weight is 257 g/mol. The van der Waals surface area contributed by atoms with E-state index in [1.165, 1.54) is 0 Å². The Morgan fingerprint density at radius 2 is 1.89 bits per heavy atom. The van der Waals surface area contributed by atoms with Gasteiger partial charge in [0.25, 0.3) is 0 Å². The van der Waals surface area contributed by atoms with Gasteiger partial charge in [0.15, 0.2) is 6.29 Å². The molecule has 0 amide bonds. The summed E-state index contributed by atoms with van der Waals surface area (Å²) < 4.78 is 1.77. The summed E-state index contributed by atoms with van der Waals surface area (Å²) in [5, 5.41) is 0.662. The van der Waals surface area contributed by atoms with Gasteiger partial charge in [0.1, 0.15) is 17.0 Å². The Bertz CT molecular complexity index is 716. The van der Waals surface area contributed by atoms with Crippen molar-refractivity contribution in [1.82, 2.24) is 9.38 Å². The van der Waals surface area contributed by atoms with Crippen molar-refractivity contribution in [3.63, 3.8) is 0 Å². The lowest BCUT2D eigenvalue weighted by atomic mass is 10.1. The Kier molecular flexibility index (Phi) is 2.61. The van der Waals surface area contributed by atoms with Crippen LogP contribution < -0.4 is 0 Å². The lowest BCUT2D eigenvalue weighted by Crippen LogP contribution is -1.91. The molecule has 88 valence electrons. The van der Waals surface area contributed by atoms with Gasteiger partial charge < -0.3 is 0 Å². The van der Waals surface area contributed by atoms with Crippen molar-refractivity contribution in [1.29, 1.82) is 0 Å². The second kappa shape index (κ2) is 4.27. The van der Waals surface area contributed by atoms with E-state index in [4.69, 9.17) is 11.6 Å². The number of hydrogen-bond donors (Lipinski definition) is 0. The largest absolute Gasteiger partial charge is 0.297 e. The van der Waals surface area contributed by atoms with E-state index in [1.54, 1.807) is 16.5 Å². The summed E-state index contributed by atoms with van der Waals surface area (Å²) in [5.74, 6) is 0. The molecular weight excluding hydrogens is 248 g/mol. The first-order valence-electron chi connectivity index (χ1n) is 5.48. The minimum atomic E-state index is 0.549. The second-order valence-corrected chi connectivity index (χ2v) is 4.34. The molecule has 0 fully saturated rings. The number of carbonyl (C=O) groups excluding carboxylic acids is 1. The van der Waals surface area contributed by atoms with Crippen LogP contribution >= 0.6 is 11.6 Å². The first kappa shape index (κ1) is 11.0. The number of pyridine rings is 1. The first-order chi connectivity index (χ1) is 8.79. The Morgan fingerprint density at radius 1 is 1.11 bits per heavy atom. The van der Waals surface area contributed by atoms with Crippen molar-refractivity contribution >= 4 is 23.5 Å². The zero-order valence-corrected chi connectivity index (χ0v) is 10.1. The third kappa shape index (κ3) is 1.69. The number of fused-ring (bicyclic) bond motifs is 1. The molecular formula is C14H9ClN2O. The van der Waals surface area contributed by atoms with Crippen LogP contribution in [0.15, 0.2) is 48.7 Å². The fourth-order valence-electron chi connectivity index (χ4n) is 1.95. The summed E-state index contributed by atoms with van der Waals surface area (Å²) in [6.45, 7) is 0. The molecule has 3 nitrogen and oxygen atoms in total. The molecule has 0 bridgehead atoms. The third-order valence-electron chi connectivity index (χ3n) is 2.80. The number of aromatic nitrogens is 2. The number of aldehydes is 1. The zero-order chi connectivity index (χ0) is 12.5. The molecule has 0 radical (unpaired) electrons. The number of nitrogens with zero attached hydrogens (tertiary/aromatic N) is 2. The lowest BCUT2D eigenvalue weighted by molar-refractivity contribution is 0.111. The van der Waals surface area contributed by atoms with E-state index in [0.717, 1.165) is 17.5 Å². The summed E-state index contributed by atoms with van der Waals surface area (Å²) in [7, 11) is 0. The van der Waals surface area contributed by atoms with Crippen molar-refractivity contribution in [3.05, 3.63) is 59.4 Å². The smallest absolute Gasteiger partial charge is 0.169 e. The van der Waals surface area contributed by atoms with Gasteiger partial charge in [0.05, 0.1) is 0 Å². The topological polar surface area (TPSA) is 34.4 Å². The van der Waals surface area contributed by atoms with Gasteiger partial charge in [-0.05, 0) is 24.3 Å². The molecule has 3 rings (SSSR count). The summed E-state index contributed by atoms with van der Waals surface area (Å²) in [5.41, 5.74) is 2.86. The van der Waals surface area contributed by atoms with Crippen LogP contribution in [0.2, 0.25) is 5.02 Å². The number of rotatable bonds is 2. The van der Waals surface area contributed by atoms with Crippen molar-refractivity contribution in [2.24, 2.45) is 0 Å². The molecule has 0 N–H and O–H groups in total. The Hall–Kier alpha value is -2.13. The van der Waals surface area contributed by atoms with Gasteiger partial charge in [0.2, 0.25) is 0 Å². The van der Waals surface area contributed by atoms with Crippen LogP contribution in [0.25, 0.3) is 16.9 Å². The molecule has 0 saturated carbocycles. The highest BCUT2D eigenvalue weighted by atomic mass is 35.5. The maximum absolute atomic E-state index is 11.3. The van der Waals surface area contributed by atoms with Gasteiger partial charge in [-0.25, -0.2) is 4.98 Å². The fourth-order valence-corrected chi connectivity index (χ4v) is 2.07. The molecule has 0 spiro atoms. The molecule has 3 aromatic rings. The van der Waals surface area contributed by atoms with Crippen LogP contribution in [-0.2, 0) is 0 Å². The Morgan fingerprint density at radius 3 is 2.61 bits per heavy atom. The van der Waals surface area contributed by atoms with Gasteiger partial charge in [0, 0.05) is 16.8 Å². The predicted octanol–water partition coefficient (Wildman–Crippen LogP) is 3.47. The van der Waals surface area contributed by atoms with Crippen LogP contribution in [-0.4, -0.2) is 15.7 Å². The van der Waals surface area contributed by atoms with E-state index in [9.17, 15) is 4.79 Å². The Balaban J connectivity index is 2.28. The highest BCUT2D eigenvalue weighted by molar-refractivity contribution is 6.30. The van der Waals surface area contributed by atoms with Gasteiger partial charge in [-0.2, -0.15) is 0 Å². The number of imidazole rings is 1. The molecule has 0 unspecified atom stereocenters. The van der Waals surface area contributed by atoms with E-state index >= 15 is 0 Å². The number of benzene rings is 1. The van der Waals surface area contributed by atoms with E-state index in [-0.39, 0.29) is 0 Å². The maximum Gasteiger partial charge on any atom is 0.169 e. The van der Waals surface area contributed by atoms with E-state index in [1.807, 2.05) is 36.5 Å². The summed E-state index contributed by atoms with van der Waals surface area (Å²) in [6.07, 6.45) is 2.65. The molecule has 2 heterocycles. The van der Waals surface area contributed by atoms with Gasteiger partial charge in [-0.3, -0.25) is 9.20 Å².